The van der Waals surface area contributed by atoms with E-state index >= 15 is 0 Å². The Balaban J connectivity index is 1.86. The summed E-state index contributed by atoms with van der Waals surface area (Å²) in [4.78, 5) is 12.5. The maximum Gasteiger partial charge on any atom is 0.342 e. The van der Waals surface area contributed by atoms with E-state index < -0.39 is 5.60 Å². The van der Waals surface area contributed by atoms with Gasteiger partial charge in [0, 0.05) is 0 Å². The molecule has 2 aromatic carbocycles. The molecule has 3 heteroatoms. The fraction of sp³-hybridized carbons (Fsp3) is 0.278. The fourth-order valence-electron chi connectivity index (χ4n) is 3.51. The number of esters is 1. The molecule has 1 heterocycles. The predicted octanol–water partition coefficient (Wildman–Crippen LogP) is 3.21. The highest BCUT2D eigenvalue weighted by atomic mass is 16.7. The zero-order valence-corrected chi connectivity index (χ0v) is 11.8. The molecule has 3 nitrogen and oxygen atoms in total. The van der Waals surface area contributed by atoms with Crippen molar-refractivity contribution in [3.05, 3.63) is 71.3 Å². The average molecular weight is 280 g/mol. The molecule has 1 fully saturated rings. The first-order valence-electron chi connectivity index (χ1n) is 7.28. The lowest BCUT2D eigenvalue weighted by Crippen LogP contribution is -2.32. The first kappa shape index (κ1) is 12.6. The van der Waals surface area contributed by atoms with Crippen LogP contribution in [0.4, 0.5) is 0 Å². The van der Waals surface area contributed by atoms with E-state index in [2.05, 4.69) is 6.07 Å². The molecular formula is C18H16O3. The summed E-state index contributed by atoms with van der Waals surface area (Å²) < 4.78 is 11.2. The molecule has 106 valence electrons. The molecule has 0 N–H and O–H groups in total. The second-order valence-corrected chi connectivity index (χ2v) is 5.48. The maximum atomic E-state index is 12.5. The van der Waals surface area contributed by atoms with Crippen LogP contribution in [-0.4, -0.2) is 18.2 Å². The summed E-state index contributed by atoms with van der Waals surface area (Å²) in [5, 5.41) is 0. The van der Waals surface area contributed by atoms with Gasteiger partial charge in [0.05, 0.1) is 12.5 Å². The van der Waals surface area contributed by atoms with Crippen LogP contribution in [0.3, 0.4) is 0 Å². The first-order chi connectivity index (χ1) is 10.3. The van der Waals surface area contributed by atoms with Gasteiger partial charge in [0.1, 0.15) is 6.10 Å². The van der Waals surface area contributed by atoms with Crippen LogP contribution < -0.4 is 0 Å². The highest BCUT2D eigenvalue weighted by Gasteiger charge is 2.74. The van der Waals surface area contributed by atoms with Gasteiger partial charge in [0.15, 0.2) is 0 Å². The molecule has 0 radical (unpaired) electrons. The van der Waals surface area contributed by atoms with Crippen LogP contribution >= 0.6 is 0 Å². The lowest BCUT2D eigenvalue weighted by atomic mass is 9.84. The Morgan fingerprint density at radius 2 is 1.76 bits per heavy atom. The van der Waals surface area contributed by atoms with Crippen LogP contribution in [0.1, 0.15) is 35.6 Å². The summed E-state index contributed by atoms with van der Waals surface area (Å²) in [6, 6.07) is 18.2. The fourth-order valence-corrected chi connectivity index (χ4v) is 3.51. The minimum absolute atomic E-state index is 0.0843. The minimum atomic E-state index is -0.860. The van der Waals surface area contributed by atoms with E-state index in [1.165, 1.54) is 5.56 Å². The number of benzene rings is 2. The first-order valence-corrected chi connectivity index (χ1v) is 7.28. The minimum Gasteiger partial charge on any atom is -0.464 e. The molecule has 1 unspecified atom stereocenters. The van der Waals surface area contributed by atoms with Gasteiger partial charge in [-0.15, -0.1) is 0 Å². The summed E-state index contributed by atoms with van der Waals surface area (Å²) in [6.07, 6.45) is -0.169. The van der Waals surface area contributed by atoms with Crippen LogP contribution in [-0.2, 0) is 14.3 Å². The van der Waals surface area contributed by atoms with Crippen molar-refractivity contribution in [3.8, 4) is 0 Å². The van der Waals surface area contributed by atoms with Crippen molar-refractivity contribution < 1.29 is 14.3 Å². The number of epoxide rings is 1. The molecule has 3 atom stereocenters. The molecule has 0 saturated carbocycles. The van der Waals surface area contributed by atoms with Crippen molar-refractivity contribution in [1.82, 2.24) is 0 Å². The van der Waals surface area contributed by atoms with Gasteiger partial charge in [-0.2, -0.15) is 0 Å². The van der Waals surface area contributed by atoms with Crippen molar-refractivity contribution in [3.63, 3.8) is 0 Å². The normalized spacial score (nSPS) is 28.6. The Hall–Kier alpha value is -2.13. The molecule has 0 spiro atoms. The smallest absolute Gasteiger partial charge is 0.342 e. The van der Waals surface area contributed by atoms with Crippen molar-refractivity contribution in [1.29, 1.82) is 0 Å². The Morgan fingerprint density at radius 1 is 1.10 bits per heavy atom. The monoisotopic (exact) mass is 280 g/mol. The molecule has 1 saturated heterocycles. The second kappa shape index (κ2) is 4.43. The molecule has 0 aromatic heterocycles. The van der Waals surface area contributed by atoms with Gasteiger partial charge in [-0.3, -0.25) is 0 Å². The Labute approximate surface area is 123 Å². The summed E-state index contributed by atoms with van der Waals surface area (Å²) in [7, 11) is 0. The van der Waals surface area contributed by atoms with E-state index in [1.54, 1.807) is 0 Å². The molecule has 0 bridgehead atoms. The van der Waals surface area contributed by atoms with Crippen LogP contribution in [0.15, 0.2) is 54.6 Å². The number of ether oxygens (including phenoxy) is 2. The van der Waals surface area contributed by atoms with Gasteiger partial charge in [-0.25, -0.2) is 4.79 Å². The third-order valence-corrected chi connectivity index (χ3v) is 4.39. The van der Waals surface area contributed by atoms with E-state index in [1.807, 2.05) is 55.5 Å². The zero-order valence-electron chi connectivity index (χ0n) is 11.8. The van der Waals surface area contributed by atoms with E-state index in [9.17, 15) is 4.79 Å². The zero-order chi connectivity index (χ0) is 14.4. The number of hydrogen-bond donors (Lipinski definition) is 0. The summed E-state index contributed by atoms with van der Waals surface area (Å²) in [5.41, 5.74) is 2.52. The van der Waals surface area contributed by atoms with Crippen molar-refractivity contribution >= 4 is 5.97 Å². The number of hydrogen-bond acceptors (Lipinski definition) is 3. The van der Waals surface area contributed by atoms with Gasteiger partial charge >= 0.3 is 5.97 Å². The topological polar surface area (TPSA) is 38.8 Å². The van der Waals surface area contributed by atoms with Crippen molar-refractivity contribution in [2.24, 2.45) is 0 Å². The SMILES string of the molecule is CCOC(=O)[C@]12OC1c1ccccc1[C@@H]2c1ccccc1. The highest BCUT2D eigenvalue weighted by molar-refractivity contribution is 5.88. The van der Waals surface area contributed by atoms with Gasteiger partial charge in [0.25, 0.3) is 0 Å². The Morgan fingerprint density at radius 3 is 2.48 bits per heavy atom. The van der Waals surface area contributed by atoms with Crippen molar-refractivity contribution in [2.45, 2.75) is 24.5 Å². The maximum absolute atomic E-state index is 12.5. The average Bonchev–Trinajstić information content (AvgIpc) is 3.20. The van der Waals surface area contributed by atoms with Crippen molar-refractivity contribution in [2.75, 3.05) is 6.61 Å². The summed E-state index contributed by atoms with van der Waals surface area (Å²) >= 11 is 0. The molecule has 1 aliphatic heterocycles. The predicted molar refractivity (Wildman–Crippen MR) is 77.9 cm³/mol. The van der Waals surface area contributed by atoms with Gasteiger partial charge in [0.2, 0.25) is 5.60 Å². The second-order valence-electron chi connectivity index (χ2n) is 5.48. The van der Waals surface area contributed by atoms with Gasteiger partial charge in [-0.1, -0.05) is 54.6 Å². The molecular weight excluding hydrogens is 264 g/mol. The Bertz CT molecular complexity index is 695. The lowest BCUT2D eigenvalue weighted by Gasteiger charge is -2.21. The van der Waals surface area contributed by atoms with E-state index in [-0.39, 0.29) is 18.0 Å². The van der Waals surface area contributed by atoms with E-state index in [4.69, 9.17) is 9.47 Å². The summed E-state index contributed by atoms with van der Waals surface area (Å²) in [6.45, 7) is 2.19. The molecule has 4 rings (SSSR count). The largest absolute Gasteiger partial charge is 0.464 e. The molecule has 1 aliphatic carbocycles. The highest BCUT2D eigenvalue weighted by Crippen LogP contribution is 2.66. The van der Waals surface area contributed by atoms with Gasteiger partial charge < -0.3 is 9.47 Å². The molecule has 0 amide bonds. The molecule has 21 heavy (non-hydrogen) atoms. The number of fused-ring (bicyclic) bond motifs is 3. The third-order valence-electron chi connectivity index (χ3n) is 4.39. The quantitative estimate of drug-likeness (QED) is 0.640. The van der Waals surface area contributed by atoms with E-state index in [0.717, 1.165) is 11.1 Å². The van der Waals surface area contributed by atoms with Gasteiger partial charge in [-0.05, 0) is 23.6 Å². The van der Waals surface area contributed by atoms with Crippen LogP contribution in [0.2, 0.25) is 0 Å². The summed E-state index contributed by atoms with van der Waals surface area (Å²) in [5.74, 6) is -0.334. The molecule has 2 aromatic rings. The number of carbonyl (C=O) groups excluding carboxylic acids is 1. The lowest BCUT2D eigenvalue weighted by molar-refractivity contribution is -0.150. The Kier molecular flexibility index (Phi) is 2.66. The van der Waals surface area contributed by atoms with Crippen LogP contribution in [0.25, 0.3) is 0 Å². The standard InChI is InChI=1S/C18H16O3/c1-2-20-17(19)18-15(12-8-4-3-5-9-12)13-10-6-7-11-14(13)16(18)21-18/h3-11,15-16H,2H2,1H3/t15-,16?,18+/m0/s1. The van der Waals surface area contributed by atoms with Crippen LogP contribution in [0.5, 0.6) is 0 Å². The molecule has 2 aliphatic rings. The number of rotatable bonds is 3. The van der Waals surface area contributed by atoms with E-state index in [0.29, 0.717) is 6.61 Å². The van der Waals surface area contributed by atoms with Crippen LogP contribution in [0, 0.1) is 0 Å². The number of carbonyl (C=O) groups is 1. The third kappa shape index (κ3) is 1.61.